The molecule has 7 N–H and O–H groups in total. The Kier molecular flexibility index (Phi) is 6.74. The van der Waals surface area contributed by atoms with Gasteiger partial charge in [0.2, 0.25) is 5.91 Å². The summed E-state index contributed by atoms with van der Waals surface area (Å²) in [6.07, 6.45) is -5.80. The molecule has 0 radical (unpaired) electrons. The molecule has 2 heterocycles. The number of rotatable bonds is 8. The molecule has 0 aliphatic carbocycles. The van der Waals surface area contributed by atoms with Gasteiger partial charge < -0.3 is 35.8 Å². The van der Waals surface area contributed by atoms with E-state index in [1.54, 1.807) is 0 Å². The molecule has 1 aliphatic rings. The highest BCUT2D eigenvalue weighted by atomic mass is 16.6. The summed E-state index contributed by atoms with van der Waals surface area (Å²) in [5, 5.41) is 46.4. The van der Waals surface area contributed by atoms with E-state index in [9.17, 15) is 24.6 Å². The zero-order valence-corrected chi connectivity index (χ0v) is 14.7. The number of nitrogens with zero attached hydrogens (tertiary/aromatic N) is 3. The van der Waals surface area contributed by atoms with E-state index < -0.39 is 72.2 Å². The first-order valence-electron chi connectivity index (χ1n) is 8.13. The third kappa shape index (κ3) is 4.14. The zero-order valence-electron chi connectivity index (χ0n) is 14.7. The Hall–Kier alpha value is -2.94. The number of esters is 1. The number of carbonyl (C=O) groups is 2. The molecule has 28 heavy (non-hydrogen) atoms. The summed E-state index contributed by atoms with van der Waals surface area (Å²) in [6, 6.07) is 0. The molecule has 1 fully saturated rings. The predicted octanol–water partition coefficient (Wildman–Crippen LogP) is -3.92. The minimum absolute atomic E-state index is 0.0295. The summed E-state index contributed by atoms with van der Waals surface area (Å²) in [4.78, 5) is 35.6. The van der Waals surface area contributed by atoms with Crippen molar-refractivity contribution in [2.75, 3.05) is 25.1 Å². The molecule has 1 aromatic rings. The van der Waals surface area contributed by atoms with Crippen molar-refractivity contribution in [3.05, 3.63) is 16.0 Å². The molecular formula is C14H20N6O8. The van der Waals surface area contributed by atoms with Crippen molar-refractivity contribution in [2.24, 2.45) is 5.73 Å². The van der Waals surface area contributed by atoms with E-state index in [0.29, 0.717) is 4.68 Å². The van der Waals surface area contributed by atoms with Gasteiger partial charge in [-0.1, -0.05) is 5.21 Å². The topological polar surface area (TPSA) is 223 Å². The van der Waals surface area contributed by atoms with Gasteiger partial charge in [-0.3, -0.25) is 15.0 Å². The molecule has 1 saturated heterocycles. The van der Waals surface area contributed by atoms with E-state index >= 15 is 0 Å². The van der Waals surface area contributed by atoms with Crippen LogP contribution >= 0.6 is 0 Å². The van der Waals surface area contributed by atoms with E-state index in [2.05, 4.69) is 20.4 Å². The van der Waals surface area contributed by atoms with Crippen LogP contribution in [0.5, 0.6) is 0 Å². The Morgan fingerprint density at radius 2 is 2.07 bits per heavy atom. The molecule has 1 amide bonds. The smallest absolute Gasteiger partial charge is 0.358 e. The van der Waals surface area contributed by atoms with Crippen LogP contribution in [0.25, 0.3) is 0 Å². The van der Waals surface area contributed by atoms with Gasteiger partial charge in [0, 0.05) is 0 Å². The fourth-order valence-corrected chi connectivity index (χ4v) is 2.46. The first-order chi connectivity index (χ1) is 13.2. The highest BCUT2D eigenvalue weighted by Crippen LogP contribution is 2.27. The molecular weight excluding hydrogens is 380 g/mol. The fourth-order valence-electron chi connectivity index (χ4n) is 2.46. The van der Waals surface area contributed by atoms with Gasteiger partial charge >= 0.3 is 5.97 Å². The lowest BCUT2D eigenvalue weighted by molar-refractivity contribution is -0.135. The number of hydrogen-bond donors (Lipinski definition) is 6. The van der Waals surface area contributed by atoms with E-state index in [-0.39, 0.29) is 6.61 Å². The van der Waals surface area contributed by atoms with Gasteiger partial charge in [0.05, 0.1) is 19.8 Å². The second kappa shape index (κ2) is 8.83. The quantitative estimate of drug-likeness (QED) is 0.182. The monoisotopic (exact) mass is 400 g/mol. The maximum Gasteiger partial charge on any atom is 0.358 e. The Morgan fingerprint density at radius 1 is 1.39 bits per heavy atom. The van der Waals surface area contributed by atoms with Crippen molar-refractivity contribution in [3.63, 3.8) is 0 Å². The van der Waals surface area contributed by atoms with E-state index in [0.717, 1.165) is 0 Å². The van der Waals surface area contributed by atoms with Gasteiger partial charge in [0.25, 0.3) is 5.56 Å². The Labute approximate surface area is 157 Å². The normalized spacial score (nSPS) is 24.0. The SMILES string of the molecule is CCOC(=O)C(=N)c1nnn(C2OC(CO)C(O)C2O)c(=O)c1NCC(N)=O. The minimum Gasteiger partial charge on any atom is -0.461 e. The Morgan fingerprint density at radius 3 is 2.61 bits per heavy atom. The molecule has 0 aromatic carbocycles. The standard InChI is InChI=1S/C14H20N6O8/c1-2-27-14(26)7(16)8-9(17-3-6(15)22)12(25)20(19-18-8)13-11(24)10(23)5(4-21)28-13/h5,10-11,13,16-17,21,23-24H,2-4H2,1H3,(H2,15,22). The van der Waals surface area contributed by atoms with E-state index in [1.807, 2.05) is 0 Å². The van der Waals surface area contributed by atoms with Crippen LogP contribution in [-0.2, 0) is 19.1 Å². The summed E-state index contributed by atoms with van der Waals surface area (Å²) in [6.45, 7) is 0.330. The van der Waals surface area contributed by atoms with Crippen LogP contribution in [0.1, 0.15) is 18.8 Å². The largest absolute Gasteiger partial charge is 0.461 e. The third-order valence-corrected chi connectivity index (χ3v) is 3.81. The number of ether oxygens (including phenoxy) is 2. The van der Waals surface area contributed by atoms with Gasteiger partial charge in [-0.15, -0.1) is 5.10 Å². The molecule has 0 spiro atoms. The average molecular weight is 400 g/mol. The number of aliphatic hydroxyl groups is 3. The molecule has 14 nitrogen and oxygen atoms in total. The van der Waals surface area contributed by atoms with Crippen LogP contribution < -0.4 is 16.6 Å². The molecule has 154 valence electrons. The van der Waals surface area contributed by atoms with E-state index in [4.69, 9.17) is 21.0 Å². The van der Waals surface area contributed by atoms with Gasteiger partial charge in [0.15, 0.2) is 11.9 Å². The lowest BCUT2D eigenvalue weighted by Crippen LogP contribution is -2.39. The van der Waals surface area contributed by atoms with Gasteiger partial charge in [-0.2, -0.15) is 4.68 Å². The second-order valence-corrected chi connectivity index (χ2v) is 5.71. The van der Waals surface area contributed by atoms with Crippen molar-refractivity contribution in [1.82, 2.24) is 15.0 Å². The first kappa shape index (κ1) is 21.4. The molecule has 14 heteroatoms. The van der Waals surface area contributed by atoms with Crippen LogP contribution in [0, 0.1) is 5.41 Å². The summed E-state index contributed by atoms with van der Waals surface area (Å²) in [7, 11) is 0. The number of nitrogens with two attached hydrogens (primary N) is 1. The van der Waals surface area contributed by atoms with Crippen LogP contribution in [0.15, 0.2) is 4.79 Å². The molecule has 0 bridgehead atoms. The number of aliphatic hydroxyl groups excluding tert-OH is 3. The highest BCUT2D eigenvalue weighted by Gasteiger charge is 2.45. The number of nitrogens with one attached hydrogen (secondary N) is 2. The van der Waals surface area contributed by atoms with Gasteiger partial charge in [-0.05, 0) is 6.92 Å². The maximum atomic E-state index is 12.8. The lowest BCUT2D eigenvalue weighted by Gasteiger charge is -2.18. The number of amides is 1. The van der Waals surface area contributed by atoms with Crippen LogP contribution in [0.3, 0.4) is 0 Å². The number of primary amides is 1. The fraction of sp³-hybridized carbons (Fsp3) is 0.571. The van der Waals surface area contributed by atoms with Crippen LogP contribution in [0.4, 0.5) is 5.69 Å². The maximum absolute atomic E-state index is 12.8. The summed E-state index contributed by atoms with van der Waals surface area (Å²) < 4.78 is 10.4. The lowest BCUT2D eigenvalue weighted by atomic mass is 10.1. The van der Waals surface area contributed by atoms with Gasteiger partial charge in [0.1, 0.15) is 29.7 Å². The molecule has 1 aromatic heterocycles. The first-order valence-corrected chi connectivity index (χ1v) is 8.13. The molecule has 2 rings (SSSR count). The van der Waals surface area contributed by atoms with Gasteiger partial charge in [-0.25, -0.2) is 4.79 Å². The summed E-state index contributed by atoms with van der Waals surface area (Å²) in [5.74, 6) is -1.92. The number of carbonyl (C=O) groups excluding carboxylic acids is 2. The molecule has 1 aliphatic heterocycles. The Bertz CT molecular complexity index is 827. The average Bonchev–Trinajstić information content (AvgIpc) is 2.94. The van der Waals surface area contributed by atoms with Crippen molar-refractivity contribution in [2.45, 2.75) is 31.5 Å². The van der Waals surface area contributed by atoms with Crippen molar-refractivity contribution in [1.29, 1.82) is 5.41 Å². The van der Waals surface area contributed by atoms with Crippen molar-refractivity contribution >= 4 is 23.3 Å². The summed E-state index contributed by atoms with van der Waals surface area (Å²) in [5.41, 5.74) is 2.24. The van der Waals surface area contributed by atoms with Crippen LogP contribution in [-0.4, -0.2) is 86.0 Å². The summed E-state index contributed by atoms with van der Waals surface area (Å²) >= 11 is 0. The number of anilines is 1. The second-order valence-electron chi connectivity index (χ2n) is 5.71. The highest BCUT2D eigenvalue weighted by molar-refractivity contribution is 6.42. The molecule has 4 unspecified atom stereocenters. The van der Waals surface area contributed by atoms with Crippen LogP contribution in [0.2, 0.25) is 0 Å². The number of aromatic nitrogens is 3. The molecule has 4 atom stereocenters. The van der Waals surface area contributed by atoms with Crippen molar-refractivity contribution in [3.8, 4) is 0 Å². The van der Waals surface area contributed by atoms with E-state index in [1.165, 1.54) is 6.92 Å². The predicted molar refractivity (Wildman–Crippen MR) is 90.4 cm³/mol. The third-order valence-electron chi connectivity index (χ3n) is 3.81. The zero-order chi connectivity index (χ0) is 21.0. The molecule has 0 saturated carbocycles. The Balaban J connectivity index is 2.49. The number of hydrogen-bond acceptors (Lipinski definition) is 12. The minimum atomic E-state index is -1.62. The van der Waals surface area contributed by atoms with Crippen molar-refractivity contribution < 1.29 is 34.4 Å².